The summed E-state index contributed by atoms with van der Waals surface area (Å²) in [6.45, 7) is -0.774. The quantitative estimate of drug-likeness (QED) is 0.885. The minimum absolute atomic E-state index is 0.0217. The number of halogens is 2. The highest BCUT2D eigenvalue weighted by Gasteiger charge is 2.18. The van der Waals surface area contributed by atoms with Crippen LogP contribution >= 0.6 is 15.9 Å². The fourth-order valence-corrected chi connectivity index (χ4v) is 1.93. The van der Waals surface area contributed by atoms with Crippen molar-refractivity contribution in [3.63, 3.8) is 0 Å². The Morgan fingerprint density at radius 2 is 2.17 bits per heavy atom. The third kappa shape index (κ3) is 2.41. The van der Waals surface area contributed by atoms with Crippen LogP contribution in [0, 0.1) is 0 Å². The van der Waals surface area contributed by atoms with Crippen LogP contribution in [-0.2, 0) is 6.67 Å². The molecule has 3 nitrogen and oxygen atoms in total. The van der Waals surface area contributed by atoms with E-state index in [-0.39, 0.29) is 22.6 Å². The fourth-order valence-electron chi connectivity index (χ4n) is 1.57. The van der Waals surface area contributed by atoms with E-state index in [2.05, 4.69) is 20.9 Å². The second kappa shape index (κ2) is 5.27. The van der Waals surface area contributed by atoms with E-state index >= 15 is 0 Å². The van der Waals surface area contributed by atoms with Gasteiger partial charge < -0.3 is 5.11 Å². The molecular weight excluding hydrogens is 301 g/mol. The Balaban J connectivity index is 2.51. The summed E-state index contributed by atoms with van der Waals surface area (Å²) < 4.78 is 13.4. The molecular formula is C13H9BrFNO2. The molecule has 92 valence electrons. The number of benzene rings is 1. The first-order valence-corrected chi connectivity index (χ1v) is 5.96. The summed E-state index contributed by atoms with van der Waals surface area (Å²) in [5, 5.41) is 9.67. The van der Waals surface area contributed by atoms with Crippen LogP contribution in [0.3, 0.4) is 0 Å². The molecule has 2 aromatic rings. The standard InChI is InChI=1S/C13H9BrFNO2/c14-9-3-4-11(17)10(6-9)13(18)12-8(7-15)2-1-5-16-12/h1-6,17H,7H2. The van der Waals surface area contributed by atoms with Gasteiger partial charge in [0.15, 0.2) is 0 Å². The van der Waals surface area contributed by atoms with Crippen LogP contribution in [0.2, 0.25) is 0 Å². The lowest BCUT2D eigenvalue weighted by Crippen LogP contribution is -2.07. The average Bonchev–Trinajstić information content (AvgIpc) is 2.40. The largest absolute Gasteiger partial charge is 0.507 e. The Kier molecular flexibility index (Phi) is 3.72. The van der Waals surface area contributed by atoms with Crippen LogP contribution in [0.4, 0.5) is 4.39 Å². The smallest absolute Gasteiger partial charge is 0.215 e. The zero-order valence-corrected chi connectivity index (χ0v) is 10.8. The van der Waals surface area contributed by atoms with Crippen molar-refractivity contribution in [1.29, 1.82) is 0 Å². The zero-order chi connectivity index (χ0) is 13.1. The molecule has 1 aromatic heterocycles. The van der Waals surface area contributed by atoms with Gasteiger partial charge in [-0.05, 0) is 24.3 Å². The lowest BCUT2D eigenvalue weighted by atomic mass is 10.0. The summed E-state index contributed by atoms with van der Waals surface area (Å²) in [7, 11) is 0. The van der Waals surface area contributed by atoms with Gasteiger partial charge in [-0.3, -0.25) is 9.78 Å². The number of phenolic OH excluding ortho intramolecular Hbond substituents is 1. The number of carbonyl (C=O) groups is 1. The van der Waals surface area contributed by atoms with Gasteiger partial charge in [0, 0.05) is 16.2 Å². The second-order valence-electron chi connectivity index (χ2n) is 3.64. The van der Waals surface area contributed by atoms with Gasteiger partial charge in [-0.1, -0.05) is 22.0 Å². The van der Waals surface area contributed by atoms with E-state index in [1.165, 1.54) is 24.4 Å². The summed E-state index contributed by atoms with van der Waals surface area (Å²) in [5.41, 5.74) is 0.327. The maximum absolute atomic E-state index is 12.8. The maximum atomic E-state index is 12.8. The summed E-state index contributed by atoms with van der Waals surface area (Å²) in [5.74, 6) is -0.652. The number of hydrogen-bond donors (Lipinski definition) is 1. The summed E-state index contributed by atoms with van der Waals surface area (Å²) >= 11 is 3.21. The molecule has 0 fully saturated rings. The Morgan fingerprint density at radius 1 is 1.39 bits per heavy atom. The van der Waals surface area contributed by atoms with Crippen LogP contribution in [0.1, 0.15) is 21.6 Å². The molecule has 0 saturated heterocycles. The molecule has 0 aliphatic heterocycles. The van der Waals surface area contributed by atoms with Crippen molar-refractivity contribution in [2.75, 3.05) is 0 Å². The van der Waals surface area contributed by atoms with E-state index in [9.17, 15) is 14.3 Å². The molecule has 0 amide bonds. The second-order valence-corrected chi connectivity index (χ2v) is 4.55. The van der Waals surface area contributed by atoms with Crippen LogP contribution in [0.25, 0.3) is 0 Å². The van der Waals surface area contributed by atoms with E-state index in [0.717, 1.165) is 0 Å². The molecule has 0 aliphatic carbocycles. The number of hydrogen-bond acceptors (Lipinski definition) is 3. The molecule has 18 heavy (non-hydrogen) atoms. The number of aromatic hydroxyl groups is 1. The van der Waals surface area contributed by atoms with E-state index < -0.39 is 12.5 Å². The van der Waals surface area contributed by atoms with Crippen LogP contribution in [0.5, 0.6) is 5.75 Å². The lowest BCUT2D eigenvalue weighted by Gasteiger charge is -2.06. The first-order chi connectivity index (χ1) is 8.63. The van der Waals surface area contributed by atoms with Gasteiger partial charge in [-0.2, -0.15) is 0 Å². The van der Waals surface area contributed by atoms with Crippen molar-refractivity contribution >= 4 is 21.7 Å². The Labute approximate surface area is 111 Å². The van der Waals surface area contributed by atoms with Gasteiger partial charge in [-0.25, -0.2) is 4.39 Å². The third-order valence-corrected chi connectivity index (χ3v) is 2.95. The molecule has 0 bridgehead atoms. The van der Waals surface area contributed by atoms with Gasteiger partial charge in [0.25, 0.3) is 0 Å². The Morgan fingerprint density at radius 3 is 2.89 bits per heavy atom. The van der Waals surface area contributed by atoms with Gasteiger partial charge in [0.05, 0.1) is 5.56 Å². The highest BCUT2D eigenvalue weighted by Crippen LogP contribution is 2.25. The van der Waals surface area contributed by atoms with E-state index in [0.29, 0.717) is 4.47 Å². The van der Waals surface area contributed by atoms with Gasteiger partial charge in [0.2, 0.25) is 5.78 Å². The molecule has 1 aromatic carbocycles. The molecule has 1 heterocycles. The topological polar surface area (TPSA) is 50.2 Å². The van der Waals surface area contributed by atoms with Crippen molar-refractivity contribution in [3.05, 3.63) is 57.8 Å². The molecule has 0 atom stereocenters. The Bertz CT molecular complexity index is 601. The average molecular weight is 310 g/mol. The van der Waals surface area contributed by atoms with Crippen molar-refractivity contribution in [3.8, 4) is 5.75 Å². The van der Waals surface area contributed by atoms with Crippen molar-refractivity contribution < 1.29 is 14.3 Å². The first kappa shape index (κ1) is 12.7. The summed E-state index contributed by atoms with van der Waals surface area (Å²) in [6, 6.07) is 7.55. The number of nitrogens with zero attached hydrogens (tertiary/aromatic N) is 1. The van der Waals surface area contributed by atoms with Gasteiger partial charge >= 0.3 is 0 Å². The van der Waals surface area contributed by atoms with Crippen LogP contribution in [-0.4, -0.2) is 15.9 Å². The highest BCUT2D eigenvalue weighted by molar-refractivity contribution is 9.10. The number of aromatic nitrogens is 1. The number of pyridine rings is 1. The first-order valence-electron chi connectivity index (χ1n) is 5.16. The van der Waals surface area contributed by atoms with Crippen molar-refractivity contribution in [2.24, 2.45) is 0 Å². The molecule has 0 aliphatic rings. The molecule has 0 unspecified atom stereocenters. The molecule has 0 saturated carbocycles. The van der Waals surface area contributed by atoms with Crippen LogP contribution in [0.15, 0.2) is 41.0 Å². The molecule has 1 N–H and O–H groups in total. The molecule has 5 heteroatoms. The van der Waals surface area contributed by atoms with Gasteiger partial charge in [-0.15, -0.1) is 0 Å². The Hall–Kier alpha value is -1.75. The summed E-state index contributed by atoms with van der Waals surface area (Å²) in [4.78, 5) is 16.1. The number of alkyl halides is 1. The van der Waals surface area contributed by atoms with Gasteiger partial charge in [0.1, 0.15) is 18.1 Å². The third-order valence-electron chi connectivity index (χ3n) is 2.45. The highest BCUT2D eigenvalue weighted by atomic mass is 79.9. The molecule has 0 spiro atoms. The molecule has 2 rings (SSSR count). The summed E-state index contributed by atoms with van der Waals surface area (Å²) in [6.07, 6.45) is 1.42. The zero-order valence-electron chi connectivity index (χ0n) is 9.23. The van der Waals surface area contributed by atoms with E-state index in [4.69, 9.17) is 0 Å². The predicted octanol–water partition coefficient (Wildman–Crippen LogP) is 3.25. The van der Waals surface area contributed by atoms with E-state index in [1.807, 2.05) is 0 Å². The number of rotatable bonds is 3. The fraction of sp³-hybridized carbons (Fsp3) is 0.0769. The molecule has 0 radical (unpaired) electrons. The lowest BCUT2D eigenvalue weighted by molar-refractivity contribution is 0.103. The van der Waals surface area contributed by atoms with E-state index in [1.54, 1.807) is 12.1 Å². The monoisotopic (exact) mass is 309 g/mol. The number of carbonyl (C=O) groups excluding carboxylic acids is 1. The predicted molar refractivity (Wildman–Crippen MR) is 68.3 cm³/mol. The SMILES string of the molecule is O=C(c1cc(Br)ccc1O)c1ncccc1CF. The minimum atomic E-state index is -0.774. The van der Waals surface area contributed by atoms with Crippen LogP contribution < -0.4 is 0 Å². The normalized spacial score (nSPS) is 10.3. The van der Waals surface area contributed by atoms with Crippen molar-refractivity contribution in [1.82, 2.24) is 4.98 Å². The minimum Gasteiger partial charge on any atom is -0.507 e. The van der Waals surface area contributed by atoms with Crippen molar-refractivity contribution in [2.45, 2.75) is 6.67 Å². The number of phenols is 1. The maximum Gasteiger partial charge on any atom is 0.215 e. The number of ketones is 1.